The van der Waals surface area contributed by atoms with Crippen LogP contribution in [0, 0.1) is 34.5 Å². The van der Waals surface area contributed by atoms with Gasteiger partial charge >= 0.3 is 5.97 Å². The fourth-order valence-corrected chi connectivity index (χ4v) is 10.1. The molecule has 12 atom stereocenters. The normalized spacial score (nSPS) is 58.2. The van der Waals surface area contributed by atoms with Gasteiger partial charge in [-0.2, -0.15) is 0 Å². The number of esters is 1. The van der Waals surface area contributed by atoms with Crippen molar-refractivity contribution in [1.82, 2.24) is 0 Å². The van der Waals surface area contributed by atoms with Crippen LogP contribution < -0.4 is 0 Å². The van der Waals surface area contributed by atoms with Crippen LogP contribution in [0.25, 0.3) is 0 Å². The first kappa shape index (κ1) is 22.6. The number of carbonyl (C=O) groups is 2. The van der Waals surface area contributed by atoms with Gasteiger partial charge in [0.05, 0.1) is 11.5 Å². The molecule has 4 aliphatic carbocycles. The molecule has 2 spiro atoms. The number of aliphatic hydroxyl groups excluding tert-OH is 2. The first-order valence-corrected chi connectivity index (χ1v) is 13.3. The number of aliphatic hydroxyl groups is 2. The van der Waals surface area contributed by atoms with E-state index in [4.69, 9.17) is 14.2 Å². The van der Waals surface area contributed by atoms with E-state index in [-0.39, 0.29) is 41.5 Å². The Morgan fingerprint density at radius 3 is 2.51 bits per heavy atom. The predicted octanol–water partition coefficient (Wildman–Crippen LogP) is 2.83. The highest BCUT2D eigenvalue weighted by atomic mass is 16.7. The smallest absolute Gasteiger partial charge is 0.334 e. The van der Waals surface area contributed by atoms with Crippen LogP contribution in [-0.4, -0.2) is 57.8 Å². The minimum absolute atomic E-state index is 0.0605. The second kappa shape index (κ2) is 6.66. The fraction of sp³-hybridized carbons (Fsp3) is 0.786. The Bertz CT molecular complexity index is 1090. The van der Waals surface area contributed by atoms with E-state index in [0.29, 0.717) is 12.0 Å². The molecule has 2 N–H and O–H groups in total. The van der Waals surface area contributed by atoms with Crippen LogP contribution in [0.5, 0.6) is 0 Å². The van der Waals surface area contributed by atoms with Crippen molar-refractivity contribution in [3.8, 4) is 0 Å². The van der Waals surface area contributed by atoms with Gasteiger partial charge < -0.3 is 24.4 Å². The summed E-state index contributed by atoms with van der Waals surface area (Å²) in [5, 5.41) is 22.4. The number of ketones is 1. The Balaban J connectivity index is 1.25. The number of rotatable bonds is 1. The van der Waals surface area contributed by atoms with Gasteiger partial charge in [0.25, 0.3) is 0 Å². The van der Waals surface area contributed by atoms with E-state index in [9.17, 15) is 19.8 Å². The van der Waals surface area contributed by atoms with Crippen molar-refractivity contribution in [1.29, 1.82) is 0 Å². The molecule has 7 heteroatoms. The van der Waals surface area contributed by atoms with Crippen molar-refractivity contribution in [2.75, 3.05) is 0 Å². The highest BCUT2D eigenvalue weighted by Crippen LogP contribution is 2.75. The molecule has 3 aliphatic heterocycles. The van der Waals surface area contributed by atoms with Gasteiger partial charge in [0, 0.05) is 23.3 Å². The zero-order valence-corrected chi connectivity index (χ0v) is 21.0. The average molecular weight is 485 g/mol. The molecule has 0 aromatic carbocycles. The first-order valence-electron chi connectivity index (χ1n) is 13.3. The van der Waals surface area contributed by atoms with Crippen LogP contribution in [0.3, 0.4) is 0 Å². The van der Waals surface area contributed by atoms with Crippen molar-refractivity contribution in [3.05, 3.63) is 23.3 Å². The quantitative estimate of drug-likeness (QED) is 0.436. The second-order valence-corrected chi connectivity index (χ2v) is 12.8. The lowest BCUT2D eigenvalue weighted by Crippen LogP contribution is -2.64. The number of ether oxygens (including phenoxy) is 3. The second-order valence-electron chi connectivity index (χ2n) is 12.8. The molecule has 7 rings (SSSR count). The van der Waals surface area contributed by atoms with Crippen LogP contribution in [0.2, 0.25) is 0 Å². The summed E-state index contributed by atoms with van der Waals surface area (Å²) >= 11 is 0. The van der Waals surface area contributed by atoms with Crippen LogP contribution in [-0.2, 0) is 23.8 Å². The molecule has 190 valence electrons. The lowest BCUT2D eigenvalue weighted by molar-refractivity contribution is -0.218. The van der Waals surface area contributed by atoms with Crippen LogP contribution >= 0.6 is 0 Å². The molecule has 0 unspecified atom stereocenters. The number of allylic oxidation sites excluding steroid dienone is 1. The first-order chi connectivity index (χ1) is 16.5. The van der Waals surface area contributed by atoms with Gasteiger partial charge in [0.1, 0.15) is 23.4 Å². The molecule has 7 aliphatic rings. The molecule has 2 saturated heterocycles. The zero-order valence-electron chi connectivity index (χ0n) is 21.0. The Morgan fingerprint density at radius 2 is 1.77 bits per heavy atom. The molecule has 0 aromatic rings. The Labute approximate surface area is 205 Å². The van der Waals surface area contributed by atoms with Gasteiger partial charge in [-0.25, -0.2) is 4.79 Å². The van der Waals surface area contributed by atoms with Crippen LogP contribution in [0.4, 0.5) is 0 Å². The molecule has 7 nitrogen and oxygen atoms in total. The van der Waals surface area contributed by atoms with E-state index in [1.807, 2.05) is 20.8 Å². The summed E-state index contributed by atoms with van der Waals surface area (Å²) < 4.78 is 18.6. The monoisotopic (exact) mass is 484 g/mol. The minimum Gasteiger partial charge on any atom is -0.456 e. The number of cyclic esters (lactones) is 1. The summed E-state index contributed by atoms with van der Waals surface area (Å²) in [6.45, 7) is 7.81. The van der Waals surface area contributed by atoms with E-state index in [2.05, 4.69) is 0 Å². The molecule has 0 aromatic heterocycles. The van der Waals surface area contributed by atoms with Gasteiger partial charge in [-0.3, -0.25) is 4.79 Å². The Morgan fingerprint density at radius 1 is 1.00 bits per heavy atom. The van der Waals surface area contributed by atoms with Gasteiger partial charge in [-0.05, 0) is 89.7 Å². The molecule has 0 bridgehead atoms. The zero-order chi connectivity index (χ0) is 24.7. The maximum Gasteiger partial charge on any atom is 0.334 e. The molecule has 0 radical (unpaired) electrons. The number of carbonyl (C=O) groups excluding carboxylic acids is 2. The molecule has 35 heavy (non-hydrogen) atoms. The van der Waals surface area contributed by atoms with Crippen molar-refractivity contribution < 1.29 is 34.0 Å². The Hall–Kier alpha value is -1.54. The maximum absolute atomic E-state index is 13.4. The van der Waals surface area contributed by atoms with Crippen LogP contribution in [0.15, 0.2) is 23.3 Å². The lowest BCUT2D eigenvalue weighted by Gasteiger charge is -2.57. The molecular weight excluding hydrogens is 448 g/mol. The topological polar surface area (TPSA) is 106 Å². The van der Waals surface area contributed by atoms with Crippen molar-refractivity contribution >= 4 is 11.8 Å². The molecule has 5 fully saturated rings. The summed E-state index contributed by atoms with van der Waals surface area (Å²) in [5.41, 5.74) is -1.02. The molecule has 3 saturated carbocycles. The van der Waals surface area contributed by atoms with Crippen molar-refractivity contribution in [2.24, 2.45) is 34.5 Å². The number of epoxide rings is 1. The number of fused-ring (bicyclic) bond motifs is 3. The lowest BCUT2D eigenvalue weighted by atomic mass is 9.44. The third kappa shape index (κ3) is 2.34. The third-order valence-corrected chi connectivity index (χ3v) is 12.1. The van der Waals surface area contributed by atoms with E-state index in [1.54, 1.807) is 19.1 Å². The third-order valence-electron chi connectivity index (χ3n) is 12.1. The van der Waals surface area contributed by atoms with Crippen molar-refractivity contribution in [3.63, 3.8) is 0 Å². The van der Waals surface area contributed by atoms with E-state index < -0.39 is 40.5 Å². The fourth-order valence-electron chi connectivity index (χ4n) is 10.1. The predicted molar refractivity (Wildman–Crippen MR) is 124 cm³/mol. The van der Waals surface area contributed by atoms with Gasteiger partial charge in [0.15, 0.2) is 12.1 Å². The molecule has 3 heterocycles. The summed E-state index contributed by atoms with van der Waals surface area (Å²) in [5.74, 6) is 0.373. The SMILES string of the molecule is CC1=C(C)C(=O)O[C@@H]([C@]2(C)O[C@@H](O)[C@]34CC[C@H]5[C@@H](C[C@H]6O[C@]67[C@@H](O)C=CC(=O)[C@]57C)[C@@H]3CC[C@H]24)C1. The largest absolute Gasteiger partial charge is 0.456 e. The number of hydrogen-bond donors (Lipinski definition) is 2. The summed E-state index contributed by atoms with van der Waals surface area (Å²) in [4.78, 5) is 25.9. The van der Waals surface area contributed by atoms with Crippen LogP contribution in [0.1, 0.15) is 66.2 Å². The maximum atomic E-state index is 13.4. The van der Waals surface area contributed by atoms with Crippen molar-refractivity contribution in [2.45, 2.75) is 102 Å². The van der Waals surface area contributed by atoms with Gasteiger partial charge in [-0.1, -0.05) is 5.57 Å². The van der Waals surface area contributed by atoms with E-state index in [0.717, 1.165) is 37.7 Å². The highest BCUT2D eigenvalue weighted by molar-refractivity contribution is 5.98. The standard InChI is InChI=1S/C28H36O7/c1-13-11-21(33-23(31)14(13)2)26(4)18-6-5-17-15-12-22-28(34-22)20(30)8-7-19(29)25(28,3)16(15)9-10-27(17,18)24(32)35-26/h7-8,15-18,20-22,24,30,32H,5-6,9-12H2,1-4H3/t15-,16+,17+,18-,20+,21-,22-,24-,25+,26-,27-,28-/m1/s1. The highest BCUT2D eigenvalue weighted by Gasteiger charge is 2.82. The number of hydrogen-bond acceptors (Lipinski definition) is 7. The molecule has 0 amide bonds. The summed E-state index contributed by atoms with van der Waals surface area (Å²) in [6, 6.07) is 0. The van der Waals surface area contributed by atoms with E-state index in [1.165, 1.54) is 0 Å². The summed E-state index contributed by atoms with van der Waals surface area (Å²) in [6.07, 6.45) is 5.76. The van der Waals surface area contributed by atoms with E-state index >= 15 is 0 Å². The molecular formula is C28H36O7. The minimum atomic E-state index is -0.927. The van der Waals surface area contributed by atoms with Gasteiger partial charge in [0.2, 0.25) is 0 Å². The van der Waals surface area contributed by atoms with Gasteiger partial charge in [-0.15, -0.1) is 0 Å². The Kier molecular flexibility index (Phi) is 4.31. The summed E-state index contributed by atoms with van der Waals surface area (Å²) in [7, 11) is 0. The average Bonchev–Trinajstić information content (AvgIpc) is 3.34.